The van der Waals surface area contributed by atoms with Gasteiger partial charge in [0.15, 0.2) is 0 Å². The van der Waals surface area contributed by atoms with Gasteiger partial charge >= 0.3 is 0 Å². The summed E-state index contributed by atoms with van der Waals surface area (Å²) in [5.41, 5.74) is 1.09. The molecule has 0 aromatic carbocycles. The first-order valence-corrected chi connectivity index (χ1v) is 14.0. The van der Waals surface area contributed by atoms with Crippen molar-refractivity contribution in [1.29, 1.82) is 0 Å². The highest BCUT2D eigenvalue weighted by Crippen LogP contribution is 2.64. The minimum atomic E-state index is 0.438. The number of aliphatic hydroxyl groups is 1. The Morgan fingerprint density at radius 2 is 1.38 bits per heavy atom. The SMILES string of the molecule is OCC(C1CC2(CCC2)CCC1S)C1(C(C2CCCCC2)C2CCC2)CCCC1. The van der Waals surface area contributed by atoms with E-state index in [0.29, 0.717) is 34.5 Å². The van der Waals surface area contributed by atoms with Crippen LogP contribution in [0.3, 0.4) is 0 Å². The standard InChI is InChI=1S/C27H46OS/c28-19-23(22-18-26(13-7-14-26)17-12-24(22)29)27(15-4-5-16-27)25(21-10-6-11-21)20-8-2-1-3-9-20/h20-25,28-29H,1-19H2. The van der Waals surface area contributed by atoms with E-state index in [-0.39, 0.29) is 0 Å². The van der Waals surface area contributed by atoms with Gasteiger partial charge in [0, 0.05) is 11.9 Å². The predicted octanol–water partition coefficient (Wildman–Crippen LogP) is 7.42. The van der Waals surface area contributed by atoms with Crippen LogP contribution in [0, 0.1) is 40.4 Å². The minimum Gasteiger partial charge on any atom is -0.396 e. The molecule has 5 fully saturated rings. The number of rotatable bonds is 6. The average molecular weight is 419 g/mol. The van der Waals surface area contributed by atoms with E-state index < -0.39 is 0 Å². The third kappa shape index (κ3) is 3.75. The molecule has 5 rings (SSSR count). The fraction of sp³-hybridized carbons (Fsp3) is 1.00. The van der Waals surface area contributed by atoms with Crippen molar-refractivity contribution in [3.63, 3.8) is 0 Å². The molecule has 0 bridgehead atoms. The maximum absolute atomic E-state index is 11.0. The first-order chi connectivity index (χ1) is 14.2. The molecule has 0 radical (unpaired) electrons. The lowest BCUT2D eigenvalue weighted by molar-refractivity contribution is -0.0941. The van der Waals surface area contributed by atoms with Gasteiger partial charge in [-0.3, -0.25) is 0 Å². The largest absolute Gasteiger partial charge is 0.396 e. The van der Waals surface area contributed by atoms with Gasteiger partial charge in [-0.25, -0.2) is 0 Å². The summed E-state index contributed by atoms with van der Waals surface area (Å²) in [6.07, 6.45) is 26.0. The second-order valence-electron chi connectivity index (χ2n) is 12.2. The molecule has 1 N–H and O–H groups in total. The van der Waals surface area contributed by atoms with Gasteiger partial charge in [0.25, 0.3) is 0 Å². The third-order valence-corrected chi connectivity index (χ3v) is 11.7. The fourth-order valence-electron chi connectivity index (χ4n) is 9.29. The van der Waals surface area contributed by atoms with Crippen molar-refractivity contribution in [2.24, 2.45) is 40.4 Å². The van der Waals surface area contributed by atoms with Crippen LogP contribution in [0.1, 0.15) is 116 Å². The van der Waals surface area contributed by atoms with Gasteiger partial charge < -0.3 is 5.11 Å². The predicted molar refractivity (Wildman–Crippen MR) is 125 cm³/mol. The molecule has 0 aromatic rings. The Hall–Kier alpha value is 0.310. The number of aliphatic hydroxyl groups excluding tert-OH is 1. The lowest BCUT2D eigenvalue weighted by atomic mass is 9.48. The van der Waals surface area contributed by atoms with Gasteiger partial charge in [-0.2, -0.15) is 12.6 Å². The molecule has 5 saturated carbocycles. The molecular formula is C27H46OS. The second-order valence-corrected chi connectivity index (χ2v) is 12.8. The molecule has 0 heterocycles. The third-order valence-electron chi connectivity index (χ3n) is 11.0. The van der Waals surface area contributed by atoms with Crippen LogP contribution in [0.5, 0.6) is 0 Å². The van der Waals surface area contributed by atoms with Crippen molar-refractivity contribution >= 4 is 12.6 Å². The average Bonchev–Trinajstić information content (AvgIpc) is 3.16. The summed E-state index contributed by atoms with van der Waals surface area (Å²) in [6.45, 7) is 0.438. The smallest absolute Gasteiger partial charge is 0.0467 e. The quantitative estimate of drug-likeness (QED) is 0.430. The highest BCUT2D eigenvalue weighted by Gasteiger charge is 2.57. The van der Waals surface area contributed by atoms with E-state index in [0.717, 1.165) is 17.8 Å². The topological polar surface area (TPSA) is 20.2 Å². The Balaban J connectivity index is 1.47. The molecule has 1 spiro atoms. The monoisotopic (exact) mass is 418 g/mol. The number of thiol groups is 1. The highest BCUT2D eigenvalue weighted by molar-refractivity contribution is 7.81. The van der Waals surface area contributed by atoms with Crippen molar-refractivity contribution in [2.75, 3.05) is 6.61 Å². The molecule has 5 aliphatic carbocycles. The molecule has 2 heteroatoms. The molecule has 166 valence electrons. The molecule has 1 nitrogen and oxygen atoms in total. The van der Waals surface area contributed by atoms with Crippen LogP contribution in [0.4, 0.5) is 0 Å². The van der Waals surface area contributed by atoms with E-state index in [1.807, 2.05) is 0 Å². The zero-order chi connectivity index (χ0) is 19.9. The Morgan fingerprint density at radius 3 is 1.90 bits per heavy atom. The van der Waals surface area contributed by atoms with Crippen LogP contribution in [0.15, 0.2) is 0 Å². The fourth-order valence-corrected chi connectivity index (χ4v) is 9.73. The highest BCUT2D eigenvalue weighted by atomic mass is 32.1. The maximum atomic E-state index is 11.0. The first kappa shape index (κ1) is 21.2. The molecule has 4 atom stereocenters. The zero-order valence-corrected chi connectivity index (χ0v) is 19.7. The van der Waals surface area contributed by atoms with Crippen molar-refractivity contribution in [3.8, 4) is 0 Å². The summed E-state index contributed by atoms with van der Waals surface area (Å²) < 4.78 is 0. The first-order valence-electron chi connectivity index (χ1n) is 13.5. The van der Waals surface area contributed by atoms with E-state index in [4.69, 9.17) is 12.6 Å². The van der Waals surface area contributed by atoms with Crippen LogP contribution in [-0.4, -0.2) is 17.0 Å². The Morgan fingerprint density at radius 1 is 0.724 bits per heavy atom. The molecule has 4 unspecified atom stereocenters. The van der Waals surface area contributed by atoms with Crippen LogP contribution in [0.25, 0.3) is 0 Å². The summed E-state index contributed by atoms with van der Waals surface area (Å²) in [7, 11) is 0. The lowest BCUT2D eigenvalue weighted by Gasteiger charge is -2.58. The summed E-state index contributed by atoms with van der Waals surface area (Å²) in [6, 6.07) is 0. The van der Waals surface area contributed by atoms with Gasteiger partial charge in [0.05, 0.1) is 0 Å². The minimum absolute atomic E-state index is 0.438. The molecule has 0 saturated heterocycles. The Labute approximate surface area is 185 Å². The van der Waals surface area contributed by atoms with Crippen LogP contribution in [0.2, 0.25) is 0 Å². The summed E-state index contributed by atoms with van der Waals surface area (Å²) in [5, 5.41) is 11.5. The normalized spacial score (nSPS) is 37.0. The molecule has 0 aliphatic heterocycles. The molecular weight excluding hydrogens is 372 g/mol. The van der Waals surface area contributed by atoms with Crippen LogP contribution in [-0.2, 0) is 0 Å². The molecule has 29 heavy (non-hydrogen) atoms. The van der Waals surface area contributed by atoms with Gasteiger partial charge in [-0.1, -0.05) is 70.6 Å². The van der Waals surface area contributed by atoms with E-state index in [1.165, 1.54) is 116 Å². The second kappa shape index (κ2) is 8.68. The van der Waals surface area contributed by atoms with E-state index in [1.54, 1.807) is 0 Å². The van der Waals surface area contributed by atoms with Crippen molar-refractivity contribution in [1.82, 2.24) is 0 Å². The van der Waals surface area contributed by atoms with Gasteiger partial charge in [-0.05, 0) is 85.4 Å². The van der Waals surface area contributed by atoms with Gasteiger partial charge in [-0.15, -0.1) is 0 Å². The van der Waals surface area contributed by atoms with Crippen molar-refractivity contribution in [2.45, 2.75) is 121 Å². The maximum Gasteiger partial charge on any atom is 0.0467 e. The van der Waals surface area contributed by atoms with Crippen LogP contribution < -0.4 is 0 Å². The Kier molecular flexibility index (Phi) is 6.34. The Bertz CT molecular complexity index is 539. The van der Waals surface area contributed by atoms with Gasteiger partial charge in [0.1, 0.15) is 0 Å². The summed E-state index contributed by atoms with van der Waals surface area (Å²) >= 11 is 5.19. The zero-order valence-electron chi connectivity index (χ0n) is 18.8. The van der Waals surface area contributed by atoms with E-state index in [2.05, 4.69) is 0 Å². The molecule has 0 aromatic heterocycles. The van der Waals surface area contributed by atoms with Crippen molar-refractivity contribution in [3.05, 3.63) is 0 Å². The number of hydrogen-bond acceptors (Lipinski definition) is 2. The molecule has 5 aliphatic rings. The van der Waals surface area contributed by atoms with E-state index >= 15 is 0 Å². The van der Waals surface area contributed by atoms with Gasteiger partial charge in [0.2, 0.25) is 0 Å². The van der Waals surface area contributed by atoms with Crippen LogP contribution >= 0.6 is 12.6 Å². The molecule has 0 amide bonds. The van der Waals surface area contributed by atoms with E-state index in [9.17, 15) is 5.11 Å². The van der Waals surface area contributed by atoms with Crippen molar-refractivity contribution < 1.29 is 5.11 Å². The summed E-state index contributed by atoms with van der Waals surface area (Å²) in [5.74, 6) is 4.04. The summed E-state index contributed by atoms with van der Waals surface area (Å²) in [4.78, 5) is 0. The number of hydrogen-bond donors (Lipinski definition) is 2. The lowest BCUT2D eigenvalue weighted by Crippen LogP contribution is -2.53.